The Balaban J connectivity index is 2.68. The number of nitrogens with zero attached hydrogens (tertiary/aromatic N) is 1. The van der Waals surface area contributed by atoms with Crippen LogP contribution in [-0.2, 0) is 11.3 Å². The van der Waals surface area contributed by atoms with E-state index in [0.29, 0.717) is 13.1 Å². The number of hydrogen-bond donors (Lipinski definition) is 1. The maximum atomic E-state index is 12.1. The molecule has 0 aromatic heterocycles. The number of carbonyl (C=O) groups is 1. The summed E-state index contributed by atoms with van der Waals surface area (Å²) >= 11 is 0. The van der Waals surface area contributed by atoms with E-state index in [-0.39, 0.29) is 11.8 Å². The van der Waals surface area contributed by atoms with Gasteiger partial charge in [0.05, 0.1) is 7.11 Å². The predicted molar refractivity (Wildman–Crippen MR) is 77.3 cm³/mol. The van der Waals surface area contributed by atoms with Crippen molar-refractivity contribution in [2.75, 3.05) is 27.7 Å². The monoisotopic (exact) mass is 264 g/mol. The van der Waals surface area contributed by atoms with Crippen molar-refractivity contribution in [3.63, 3.8) is 0 Å². The Hall–Kier alpha value is -1.55. The van der Waals surface area contributed by atoms with Crippen LogP contribution in [0.3, 0.4) is 0 Å². The molecular formula is C15H24N2O2. The minimum atomic E-state index is -0.00524. The van der Waals surface area contributed by atoms with Crippen molar-refractivity contribution in [1.82, 2.24) is 10.2 Å². The standard InChI is InChI=1S/C15H24N2O2/c1-11-8-13(6-7-14(11)19-5)10-17(4)15(18)12(2)9-16-3/h6-8,12,16H,9-10H2,1-5H3. The van der Waals surface area contributed by atoms with E-state index >= 15 is 0 Å². The molecule has 106 valence electrons. The summed E-state index contributed by atoms with van der Waals surface area (Å²) in [4.78, 5) is 13.9. The molecule has 19 heavy (non-hydrogen) atoms. The van der Waals surface area contributed by atoms with Gasteiger partial charge in [-0.2, -0.15) is 0 Å². The van der Waals surface area contributed by atoms with Crippen molar-refractivity contribution in [2.24, 2.45) is 5.92 Å². The highest BCUT2D eigenvalue weighted by atomic mass is 16.5. The number of ether oxygens (including phenoxy) is 1. The van der Waals surface area contributed by atoms with Gasteiger partial charge in [-0.25, -0.2) is 0 Å². The zero-order chi connectivity index (χ0) is 14.4. The number of nitrogens with one attached hydrogen (secondary N) is 1. The van der Waals surface area contributed by atoms with Crippen LogP contribution in [0.2, 0.25) is 0 Å². The maximum Gasteiger partial charge on any atom is 0.226 e. The van der Waals surface area contributed by atoms with E-state index in [9.17, 15) is 4.79 Å². The summed E-state index contributed by atoms with van der Waals surface area (Å²) < 4.78 is 5.23. The van der Waals surface area contributed by atoms with Crippen LogP contribution in [0.5, 0.6) is 5.75 Å². The van der Waals surface area contributed by atoms with Gasteiger partial charge in [0.25, 0.3) is 0 Å². The van der Waals surface area contributed by atoms with Crippen molar-refractivity contribution in [2.45, 2.75) is 20.4 Å². The maximum absolute atomic E-state index is 12.1. The first-order valence-corrected chi connectivity index (χ1v) is 6.52. The second kappa shape index (κ2) is 7.14. The van der Waals surface area contributed by atoms with Crippen LogP contribution >= 0.6 is 0 Å². The molecule has 1 amide bonds. The van der Waals surface area contributed by atoms with Crippen LogP contribution in [0.1, 0.15) is 18.1 Å². The fraction of sp³-hybridized carbons (Fsp3) is 0.533. The number of amides is 1. The first-order valence-electron chi connectivity index (χ1n) is 6.52. The van der Waals surface area contributed by atoms with Gasteiger partial charge in [0.1, 0.15) is 5.75 Å². The first-order chi connectivity index (χ1) is 8.99. The molecule has 0 aliphatic heterocycles. The molecule has 0 aliphatic rings. The van der Waals surface area contributed by atoms with E-state index in [0.717, 1.165) is 16.9 Å². The molecule has 1 N–H and O–H groups in total. The number of hydrogen-bond acceptors (Lipinski definition) is 3. The Bertz CT molecular complexity index is 432. The van der Waals surface area contributed by atoms with Crippen molar-refractivity contribution >= 4 is 5.91 Å². The molecule has 0 saturated heterocycles. The van der Waals surface area contributed by atoms with Crippen LogP contribution < -0.4 is 10.1 Å². The highest BCUT2D eigenvalue weighted by molar-refractivity contribution is 5.78. The summed E-state index contributed by atoms with van der Waals surface area (Å²) in [6.07, 6.45) is 0. The van der Waals surface area contributed by atoms with E-state index in [4.69, 9.17) is 4.74 Å². The van der Waals surface area contributed by atoms with Crippen LogP contribution in [0, 0.1) is 12.8 Å². The Kier molecular flexibility index (Phi) is 5.83. The molecule has 1 aromatic carbocycles. The van der Waals surface area contributed by atoms with Crippen LogP contribution in [0.15, 0.2) is 18.2 Å². The smallest absolute Gasteiger partial charge is 0.226 e. The van der Waals surface area contributed by atoms with Crippen LogP contribution in [0.25, 0.3) is 0 Å². The number of rotatable bonds is 6. The Labute approximate surface area is 115 Å². The lowest BCUT2D eigenvalue weighted by atomic mass is 10.1. The minimum Gasteiger partial charge on any atom is -0.496 e. The lowest BCUT2D eigenvalue weighted by Gasteiger charge is -2.21. The molecule has 0 spiro atoms. The van der Waals surface area contributed by atoms with E-state index < -0.39 is 0 Å². The quantitative estimate of drug-likeness (QED) is 0.852. The average molecular weight is 264 g/mol. The Morgan fingerprint density at radius 1 is 1.47 bits per heavy atom. The van der Waals surface area contributed by atoms with Crippen molar-refractivity contribution < 1.29 is 9.53 Å². The molecule has 1 unspecified atom stereocenters. The van der Waals surface area contributed by atoms with Gasteiger partial charge in [0.15, 0.2) is 0 Å². The second-order valence-electron chi connectivity index (χ2n) is 4.96. The van der Waals surface area contributed by atoms with Gasteiger partial charge in [-0.3, -0.25) is 4.79 Å². The SMILES string of the molecule is CNCC(C)C(=O)N(C)Cc1ccc(OC)c(C)c1. The minimum absolute atomic E-state index is 0.00524. The summed E-state index contributed by atoms with van der Waals surface area (Å²) in [7, 11) is 5.36. The van der Waals surface area contributed by atoms with Crippen molar-refractivity contribution in [3.8, 4) is 5.75 Å². The highest BCUT2D eigenvalue weighted by Gasteiger charge is 2.16. The molecule has 1 aromatic rings. The molecule has 4 nitrogen and oxygen atoms in total. The van der Waals surface area contributed by atoms with E-state index in [1.807, 2.05) is 40.1 Å². The second-order valence-corrected chi connectivity index (χ2v) is 4.96. The molecule has 1 atom stereocenters. The summed E-state index contributed by atoms with van der Waals surface area (Å²) in [5.74, 6) is 1.03. The zero-order valence-corrected chi connectivity index (χ0v) is 12.5. The summed E-state index contributed by atoms with van der Waals surface area (Å²) in [6.45, 7) is 5.27. The molecule has 0 bridgehead atoms. The topological polar surface area (TPSA) is 41.6 Å². The average Bonchev–Trinajstić information content (AvgIpc) is 2.38. The van der Waals surface area contributed by atoms with Gasteiger partial charge < -0.3 is 15.0 Å². The van der Waals surface area contributed by atoms with Crippen molar-refractivity contribution in [3.05, 3.63) is 29.3 Å². The lowest BCUT2D eigenvalue weighted by Crippen LogP contribution is -2.35. The molecule has 0 radical (unpaired) electrons. The third kappa shape index (κ3) is 4.24. The normalized spacial score (nSPS) is 12.1. The summed E-state index contributed by atoms with van der Waals surface area (Å²) in [6, 6.07) is 6.00. The molecule has 0 heterocycles. The fourth-order valence-corrected chi connectivity index (χ4v) is 2.16. The zero-order valence-electron chi connectivity index (χ0n) is 12.5. The highest BCUT2D eigenvalue weighted by Crippen LogP contribution is 2.19. The van der Waals surface area contributed by atoms with Gasteiger partial charge in [0.2, 0.25) is 5.91 Å². The lowest BCUT2D eigenvalue weighted by molar-refractivity contribution is -0.134. The number of methoxy groups -OCH3 is 1. The third-order valence-electron chi connectivity index (χ3n) is 3.19. The number of benzene rings is 1. The largest absolute Gasteiger partial charge is 0.496 e. The molecule has 0 aliphatic carbocycles. The van der Waals surface area contributed by atoms with Gasteiger partial charge in [-0.1, -0.05) is 19.1 Å². The Morgan fingerprint density at radius 3 is 2.68 bits per heavy atom. The summed E-state index contributed by atoms with van der Waals surface area (Å²) in [5, 5.41) is 3.03. The molecule has 0 saturated carbocycles. The van der Waals surface area contributed by atoms with E-state index in [2.05, 4.69) is 11.4 Å². The van der Waals surface area contributed by atoms with Gasteiger partial charge in [-0.15, -0.1) is 0 Å². The van der Waals surface area contributed by atoms with Gasteiger partial charge in [0, 0.05) is 26.1 Å². The Morgan fingerprint density at radius 2 is 2.16 bits per heavy atom. The van der Waals surface area contributed by atoms with E-state index in [1.54, 1.807) is 12.0 Å². The number of aryl methyl sites for hydroxylation is 1. The van der Waals surface area contributed by atoms with Gasteiger partial charge in [-0.05, 0) is 31.2 Å². The molecule has 1 rings (SSSR count). The molecular weight excluding hydrogens is 240 g/mol. The molecule has 4 heteroatoms. The molecule has 0 fully saturated rings. The van der Waals surface area contributed by atoms with Crippen molar-refractivity contribution in [1.29, 1.82) is 0 Å². The van der Waals surface area contributed by atoms with E-state index in [1.165, 1.54) is 0 Å². The number of carbonyl (C=O) groups excluding carboxylic acids is 1. The van der Waals surface area contributed by atoms with Crippen LogP contribution in [0.4, 0.5) is 0 Å². The third-order valence-corrected chi connectivity index (χ3v) is 3.19. The van der Waals surface area contributed by atoms with Crippen LogP contribution in [-0.4, -0.2) is 38.6 Å². The predicted octanol–water partition coefficient (Wildman–Crippen LogP) is 1.82. The first kappa shape index (κ1) is 15.5. The fourth-order valence-electron chi connectivity index (χ4n) is 2.16. The summed E-state index contributed by atoms with van der Waals surface area (Å²) in [5.41, 5.74) is 2.20. The van der Waals surface area contributed by atoms with Gasteiger partial charge >= 0.3 is 0 Å².